The van der Waals surface area contributed by atoms with Crippen molar-refractivity contribution in [3.63, 3.8) is 0 Å². The van der Waals surface area contributed by atoms with Crippen LogP contribution >= 0.6 is 11.7 Å². The van der Waals surface area contributed by atoms with Gasteiger partial charge in [0.25, 0.3) is 0 Å². The van der Waals surface area contributed by atoms with Gasteiger partial charge in [0.1, 0.15) is 15.9 Å². The Morgan fingerprint density at radius 2 is 2.00 bits per heavy atom. The van der Waals surface area contributed by atoms with Crippen LogP contribution < -0.4 is 9.47 Å². The molecule has 0 saturated carbocycles. The molecule has 3 aromatic rings. The largest absolute Gasteiger partial charge is 0.454 e. The van der Waals surface area contributed by atoms with E-state index in [1.807, 2.05) is 0 Å². The number of rotatable bonds is 4. The van der Waals surface area contributed by atoms with Crippen LogP contribution in [0.25, 0.3) is 11.0 Å². The first-order valence-corrected chi connectivity index (χ1v) is 11.4. The first-order valence-electron chi connectivity index (χ1n) is 9.19. The van der Waals surface area contributed by atoms with E-state index < -0.39 is 15.9 Å². The lowest BCUT2D eigenvalue weighted by molar-refractivity contribution is 0.0872. The molecule has 1 fully saturated rings. The van der Waals surface area contributed by atoms with Gasteiger partial charge in [0.15, 0.2) is 17.3 Å². The average Bonchev–Trinajstić information content (AvgIpc) is 3.41. The molecule has 5 rings (SSSR count). The molecule has 0 aliphatic carbocycles. The lowest BCUT2D eigenvalue weighted by Gasteiger charge is -2.31. The van der Waals surface area contributed by atoms with Gasteiger partial charge in [0.2, 0.25) is 16.8 Å². The Bertz CT molecular complexity index is 1210. The first kappa shape index (κ1) is 18.5. The zero-order valence-electron chi connectivity index (χ0n) is 15.3. The molecule has 2 aliphatic rings. The van der Waals surface area contributed by atoms with Gasteiger partial charge >= 0.3 is 0 Å². The normalized spacial score (nSPS) is 19.5. The second-order valence-corrected chi connectivity index (χ2v) is 9.46. The van der Waals surface area contributed by atoms with Crippen molar-refractivity contribution in [3.8, 4) is 11.5 Å². The molecule has 3 heterocycles. The molecule has 10 heteroatoms. The summed E-state index contributed by atoms with van der Waals surface area (Å²) in [5.41, 5.74) is 1.44. The van der Waals surface area contributed by atoms with Gasteiger partial charge in [-0.05, 0) is 43.2 Å². The Morgan fingerprint density at radius 1 is 1.14 bits per heavy atom. The van der Waals surface area contributed by atoms with Crippen molar-refractivity contribution in [2.75, 3.05) is 19.9 Å². The molecule has 2 aliphatic heterocycles. The maximum atomic E-state index is 13.3. The van der Waals surface area contributed by atoms with Crippen molar-refractivity contribution in [1.29, 1.82) is 0 Å². The quantitative estimate of drug-likeness (QED) is 0.586. The fourth-order valence-electron chi connectivity index (χ4n) is 3.79. The van der Waals surface area contributed by atoms with Crippen molar-refractivity contribution < 1.29 is 22.7 Å². The number of hydrogen-bond acceptors (Lipinski definition) is 8. The van der Waals surface area contributed by atoms with Crippen LogP contribution in [-0.2, 0) is 10.0 Å². The number of hydrogen-bond donors (Lipinski definition) is 0. The van der Waals surface area contributed by atoms with Crippen molar-refractivity contribution >= 4 is 38.6 Å². The number of ether oxygens (including phenoxy) is 2. The van der Waals surface area contributed by atoms with Crippen molar-refractivity contribution in [2.24, 2.45) is 5.92 Å². The second kappa shape index (κ2) is 7.05. The molecule has 1 saturated heterocycles. The van der Waals surface area contributed by atoms with Crippen molar-refractivity contribution in [2.45, 2.75) is 17.7 Å². The smallest absolute Gasteiger partial charge is 0.245 e. The highest BCUT2D eigenvalue weighted by Gasteiger charge is 2.35. The minimum Gasteiger partial charge on any atom is -0.454 e. The summed E-state index contributed by atoms with van der Waals surface area (Å²) in [5, 5.41) is 0. The molecule has 29 heavy (non-hydrogen) atoms. The van der Waals surface area contributed by atoms with Gasteiger partial charge in [-0.3, -0.25) is 4.79 Å². The number of ketones is 1. The molecule has 2 aromatic carbocycles. The molecule has 0 unspecified atom stereocenters. The molecular weight excluding hydrogens is 414 g/mol. The summed E-state index contributed by atoms with van der Waals surface area (Å²) in [6.45, 7) is 0.657. The third kappa shape index (κ3) is 3.17. The van der Waals surface area contributed by atoms with E-state index in [0.717, 1.165) is 11.7 Å². The second-order valence-electron chi connectivity index (χ2n) is 7.02. The zero-order chi connectivity index (χ0) is 20.0. The highest BCUT2D eigenvalue weighted by molar-refractivity contribution is 7.89. The van der Waals surface area contributed by atoms with Crippen LogP contribution in [0.4, 0.5) is 0 Å². The third-order valence-corrected chi connectivity index (χ3v) is 7.72. The highest BCUT2D eigenvalue weighted by atomic mass is 32.2. The van der Waals surface area contributed by atoms with E-state index in [2.05, 4.69) is 8.75 Å². The number of carbonyl (C=O) groups excluding carboxylic acids is 1. The summed E-state index contributed by atoms with van der Waals surface area (Å²) in [5.74, 6) is 0.654. The summed E-state index contributed by atoms with van der Waals surface area (Å²) < 4.78 is 46.8. The van der Waals surface area contributed by atoms with Crippen LogP contribution in [-0.4, -0.2) is 47.1 Å². The lowest BCUT2D eigenvalue weighted by atomic mass is 9.91. The van der Waals surface area contributed by atoms with Gasteiger partial charge in [-0.1, -0.05) is 6.07 Å². The number of Topliss-reactive ketones (excluding diaryl/α,β-unsaturated/α-hetero) is 1. The van der Waals surface area contributed by atoms with Gasteiger partial charge < -0.3 is 9.47 Å². The van der Waals surface area contributed by atoms with Gasteiger partial charge in [-0.15, -0.1) is 0 Å². The number of piperidine rings is 1. The van der Waals surface area contributed by atoms with Gasteiger partial charge in [0.05, 0.1) is 11.7 Å². The number of aromatic nitrogens is 2. The van der Waals surface area contributed by atoms with Crippen LogP contribution in [0, 0.1) is 5.92 Å². The predicted octanol–water partition coefficient (Wildman–Crippen LogP) is 2.70. The van der Waals surface area contributed by atoms with E-state index in [1.165, 1.54) is 4.31 Å². The van der Waals surface area contributed by atoms with Gasteiger partial charge in [-0.25, -0.2) is 8.42 Å². The van der Waals surface area contributed by atoms with E-state index in [-0.39, 0.29) is 24.0 Å². The van der Waals surface area contributed by atoms with Crippen molar-refractivity contribution in [1.82, 2.24) is 13.1 Å². The first-order chi connectivity index (χ1) is 14.0. The minimum absolute atomic E-state index is 0.0864. The maximum absolute atomic E-state index is 13.3. The number of benzene rings is 2. The van der Waals surface area contributed by atoms with E-state index in [1.54, 1.807) is 36.4 Å². The molecule has 8 nitrogen and oxygen atoms in total. The number of nitrogens with zero attached hydrogens (tertiary/aromatic N) is 3. The van der Waals surface area contributed by atoms with Crippen LogP contribution in [0.1, 0.15) is 23.2 Å². The maximum Gasteiger partial charge on any atom is 0.245 e. The molecule has 0 N–H and O–H groups in total. The van der Waals surface area contributed by atoms with Crippen LogP contribution in [0.3, 0.4) is 0 Å². The lowest BCUT2D eigenvalue weighted by Crippen LogP contribution is -2.42. The molecule has 0 spiro atoms. The minimum atomic E-state index is -3.78. The molecule has 0 radical (unpaired) electrons. The highest BCUT2D eigenvalue weighted by Crippen LogP contribution is 2.34. The number of fused-ring (bicyclic) bond motifs is 2. The fraction of sp³-hybridized carbons (Fsp3) is 0.316. The molecule has 0 bridgehead atoms. The predicted molar refractivity (Wildman–Crippen MR) is 106 cm³/mol. The number of carbonyl (C=O) groups is 1. The van der Waals surface area contributed by atoms with E-state index in [9.17, 15) is 13.2 Å². The third-order valence-electron chi connectivity index (χ3n) is 5.28. The van der Waals surface area contributed by atoms with E-state index in [0.29, 0.717) is 47.5 Å². The molecule has 150 valence electrons. The van der Waals surface area contributed by atoms with E-state index >= 15 is 0 Å². The monoisotopic (exact) mass is 431 g/mol. The van der Waals surface area contributed by atoms with Crippen LogP contribution in [0.15, 0.2) is 41.3 Å². The van der Waals surface area contributed by atoms with Gasteiger partial charge in [-0.2, -0.15) is 13.1 Å². The van der Waals surface area contributed by atoms with Crippen LogP contribution in [0.5, 0.6) is 11.5 Å². The summed E-state index contributed by atoms with van der Waals surface area (Å²) in [6, 6.07) is 10.0. The molecule has 1 aromatic heterocycles. The average molecular weight is 431 g/mol. The Hall–Kier alpha value is -2.56. The summed E-state index contributed by atoms with van der Waals surface area (Å²) >= 11 is 0.983. The molecule has 1 atom stereocenters. The van der Waals surface area contributed by atoms with Crippen LogP contribution in [0.2, 0.25) is 0 Å². The number of sulfonamides is 1. The Kier molecular flexibility index (Phi) is 4.49. The van der Waals surface area contributed by atoms with Crippen molar-refractivity contribution in [3.05, 3.63) is 42.0 Å². The topological polar surface area (TPSA) is 98.7 Å². The molecular formula is C19H17N3O5S2. The van der Waals surface area contributed by atoms with E-state index in [4.69, 9.17) is 9.47 Å². The fourth-order valence-corrected chi connectivity index (χ4v) is 6.07. The SMILES string of the molecule is O=C(c1ccc2c(c1)OCO2)[C@@H]1CCCN(S(=O)(=O)c2cccc3nsnc23)C1. The Labute approximate surface area is 171 Å². The Morgan fingerprint density at radius 3 is 2.90 bits per heavy atom. The zero-order valence-corrected chi connectivity index (χ0v) is 16.9. The van der Waals surface area contributed by atoms with Gasteiger partial charge in [0, 0.05) is 24.6 Å². The summed E-state index contributed by atoms with van der Waals surface area (Å²) in [6.07, 6.45) is 1.26. The standard InChI is InChI=1S/C19H17N3O5S2/c23-19(12-6-7-15-16(9-12)27-11-26-15)13-3-2-8-22(10-13)29(24,25)17-5-1-4-14-18(17)21-28-20-14/h1,4-7,9,13H,2-3,8,10-11H2/t13-/m1/s1. The Balaban J connectivity index is 1.41. The molecule has 0 amide bonds. The summed E-state index contributed by atoms with van der Waals surface area (Å²) in [7, 11) is -3.78. The summed E-state index contributed by atoms with van der Waals surface area (Å²) in [4.78, 5) is 13.2.